The molecule has 0 unspecified atom stereocenters. The highest BCUT2D eigenvalue weighted by molar-refractivity contribution is 6.56. The second-order valence-corrected chi connectivity index (χ2v) is 6.19. The maximum Gasteiger partial charge on any atom is 0.223 e. The van der Waals surface area contributed by atoms with Crippen LogP contribution < -0.4 is 0 Å². The third-order valence-electron chi connectivity index (χ3n) is 3.83. The molecule has 1 N–H and O–H groups in total. The molecule has 2 aromatic heterocycles. The zero-order chi connectivity index (χ0) is 17.6. The van der Waals surface area contributed by atoms with E-state index in [1.54, 1.807) is 48.7 Å². The summed E-state index contributed by atoms with van der Waals surface area (Å²) in [4.78, 5) is 36.8. The molecule has 0 fully saturated rings. The average molecular weight is 370 g/mol. The van der Waals surface area contributed by atoms with Crippen LogP contribution in [-0.4, -0.2) is 26.5 Å². The van der Waals surface area contributed by atoms with Crippen molar-refractivity contribution in [2.75, 3.05) is 0 Å². The molecule has 0 saturated heterocycles. The largest absolute Gasteiger partial charge is 0.333 e. The summed E-state index contributed by atoms with van der Waals surface area (Å²) in [5, 5.41) is 0.379. The quantitative estimate of drug-likeness (QED) is 0.735. The smallest absolute Gasteiger partial charge is 0.223 e. The zero-order valence-electron chi connectivity index (χ0n) is 12.6. The third-order valence-corrected chi connectivity index (χ3v) is 4.44. The van der Waals surface area contributed by atoms with Crippen LogP contribution in [-0.2, 0) is 0 Å². The SMILES string of the molecule is O=C1C(c2ccc(Cl)cc2)=C(Cl)C(=O)c2[nH]c(-c3ccccn3)nc21. The fourth-order valence-corrected chi connectivity index (χ4v) is 3.06. The number of nitrogens with one attached hydrogen (secondary N) is 1. The van der Waals surface area contributed by atoms with Crippen LogP contribution in [0.25, 0.3) is 17.1 Å². The Hall–Kier alpha value is -2.76. The van der Waals surface area contributed by atoms with Crippen molar-refractivity contribution in [1.29, 1.82) is 0 Å². The highest BCUT2D eigenvalue weighted by Gasteiger charge is 2.35. The summed E-state index contributed by atoms with van der Waals surface area (Å²) >= 11 is 12.1. The molecule has 0 aliphatic heterocycles. The first-order valence-electron chi connectivity index (χ1n) is 7.33. The lowest BCUT2D eigenvalue weighted by Gasteiger charge is -2.13. The lowest BCUT2D eigenvalue weighted by Crippen LogP contribution is -2.19. The molecule has 5 nitrogen and oxygen atoms in total. The van der Waals surface area contributed by atoms with E-state index in [4.69, 9.17) is 23.2 Å². The molecule has 0 spiro atoms. The molecule has 3 aromatic rings. The molecule has 0 saturated carbocycles. The normalized spacial score (nSPS) is 14.0. The lowest BCUT2D eigenvalue weighted by molar-refractivity contribution is 0.0993. The molecule has 7 heteroatoms. The third kappa shape index (κ3) is 2.58. The molecule has 122 valence electrons. The van der Waals surface area contributed by atoms with Gasteiger partial charge in [0.2, 0.25) is 11.6 Å². The Bertz CT molecular complexity index is 1040. The molecular weight excluding hydrogens is 361 g/mol. The molecule has 1 aliphatic rings. The van der Waals surface area contributed by atoms with Gasteiger partial charge in [0, 0.05) is 11.2 Å². The van der Waals surface area contributed by atoms with Crippen molar-refractivity contribution in [2.24, 2.45) is 0 Å². The predicted molar refractivity (Wildman–Crippen MR) is 94.7 cm³/mol. The number of H-pyrrole nitrogens is 1. The molecule has 0 bridgehead atoms. The van der Waals surface area contributed by atoms with Gasteiger partial charge in [-0.3, -0.25) is 14.6 Å². The van der Waals surface area contributed by atoms with Crippen molar-refractivity contribution in [3.05, 3.63) is 75.7 Å². The van der Waals surface area contributed by atoms with Crippen LogP contribution in [0.15, 0.2) is 53.7 Å². The number of benzene rings is 1. The molecule has 0 atom stereocenters. The average Bonchev–Trinajstić information content (AvgIpc) is 3.08. The summed E-state index contributed by atoms with van der Waals surface area (Å²) in [6.07, 6.45) is 1.60. The van der Waals surface area contributed by atoms with E-state index in [-0.39, 0.29) is 22.0 Å². The molecule has 1 aliphatic carbocycles. The number of allylic oxidation sites excluding steroid dienone is 2. The van der Waals surface area contributed by atoms with Gasteiger partial charge in [-0.25, -0.2) is 4.98 Å². The van der Waals surface area contributed by atoms with Gasteiger partial charge in [0.05, 0.1) is 5.57 Å². The molecule has 0 radical (unpaired) electrons. The number of carbonyl (C=O) groups excluding carboxylic acids is 2. The van der Waals surface area contributed by atoms with Crippen molar-refractivity contribution in [1.82, 2.24) is 15.0 Å². The second kappa shape index (κ2) is 5.95. The van der Waals surface area contributed by atoms with Gasteiger partial charge in [0.25, 0.3) is 0 Å². The van der Waals surface area contributed by atoms with Crippen LogP contribution in [0.3, 0.4) is 0 Å². The number of carbonyl (C=O) groups is 2. The lowest BCUT2D eigenvalue weighted by atomic mass is 9.92. The highest BCUT2D eigenvalue weighted by Crippen LogP contribution is 2.34. The van der Waals surface area contributed by atoms with Crippen LogP contribution in [0.5, 0.6) is 0 Å². The highest BCUT2D eigenvalue weighted by atomic mass is 35.5. The fraction of sp³-hybridized carbons (Fsp3) is 0. The number of aromatic amines is 1. The van der Waals surface area contributed by atoms with Crippen LogP contribution >= 0.6 is 23.2 Å². The number of nitrogens with zero attached hydrogens (tertiary/aromatic N) is 2. The molecular formula is C18H9Cl2N3O2. The molecule has 0 amide bonds. The second-order valence-electron chi connectivity index (χ2n) is 5.38. The van der Waals surface area contributed by atoms with E-state index < -0.39 is 11.6 Å². The number of imidazole rings is 1. The first-order valence-corrected chi connectivity index (χ1v) is 8.08. The summed E-state index contributed by atoms with van der Waals surface area (Å²) in [7, 11) is 0. The number of hydrogen-bond acceptors (Lipinski definition) is 4. The van der Waals surface area contributed by atoms with Gasteiger partial charge in [-0.2, -0.15) is 0 Å². The van der Waals surface area contributed by atoms with Crippen molar-refractivity contribution >= 4 is 40.3 Å². The number of fused-ring (bicyclic) bond motifs is 1. The van der Waals surface area contributed by atoms with Crippen molar-refractivity contribution in [3.63, 3.8) is 0 Å². The van der Waals surface area contributed by atoms with Gasteiger partial charge in [0.1, 0.15) is 22.1 Å². The van der Waals surface area contributed by atoms with Gasteiger partial charge < -0.3 is 4.98 Å². The Labute approximate surface area is 152 Å². The van der Waals surface area contributed by atoms with Crippen LogP contribution in [0.2, 0.25) is 5.02 Å². The van der Waals surface area contributed by atoms with E-state index >= 15 is 0 Å². The van der Waals surface area contributed by atoms with Crippen molar-refractivity contribution in [2.45, 2.75) is 0 Å². The first-order chi connectivity index (χ1) is 12.1. The topological polar surface area (TPSA) is 75.7 Å². The minimum absolute atomic E-state index is 0.0417. The number of rotatable bonds is 2. The Morgan fingerprint density at radius 1 is 0.920 bits per heavy atom. The molecule has 25 heavy (non-hydrogen) atoms. The first kappa shape index (κ1) is 15.7. The standard InChI is InChI=1S/C18H9Cl2N3O2/c19-10-6-4-9(5-7-10)12-13(20)17(25)15-14(16(12)24)22-18(23-15)11-3-1-2-8-21-11/h1-8H,(H,22,23). The van der Waals surface area contributed by atoms with E-state index in [1.807, 2.05) is 0 Å². The Kier molecular flexibility index (Phi) is 3.75. The number of hydrogen-bond donors (Lipinski definition) is 1. The summed E-state index contributed by atoms with van der Waals surface area (Å²) in [5.41, 5.74) is 1.28. The van der Waals surface area contributed by atoms with Crippen molar-refractivity contribution < 1.29 is 9.59 Å². The van der Waals surface area contributed by atoms with Gasteiger partial charge in [-0.05, 0) is 29.8 Å². The number of ketones is 2. The predicted octanol–water partition coefficient (Wildman–Crippen LogP) is 4.15. The number of halogens is 2. The van der Waals surface area contributed by atoms with Crippen molar-refractivity contribution in [3.8, 4) is 11.5 Å². The van der Waals surface area contributed by atoms with Crippen LogP contribution in [0, 0.1) is 0 Å². The summed E-state index contributed by atoms with van der Waals surface area (Å²) in [5.74, 6) is -0.551. The van der Waals surface area contributed by atoms with E-state index in [9.17, 15) is 9.59 Å². The molecule has 4 rings (SSSR count). The fourth-order valence-electron chi connectivity index (χ4n) is 2.64. The summed E-state index contributed by atoms with van der Waals surface area (Å²) in [6, 6.07) is 11.8. The molecule has 2 heterocycles. The number of pyridine rings is 1. The van der Waals surface area contributed by atoms with Crippen LogP contribution in [0.1, 0.15) is 26.5 Å². The molecule has 1 aromatic carbocycles. The minimum Gasteiger partial charge on any atom is -0.333 e. The number of aromatic nitrogens is 3. The van der Waals surface area contributed by atoms with E-state index in [2.05, 4.69) is 15.0 Å². The van der Waals surface area contributed by atoms with Crippen LogP contribution in [0.4, 0.5) is 0 Å². The Morgan fingerprint density at radius 3 is 2.36 bits per heavy atom. The van der Waals surface area contributed by atoms with Gasteiger partial charge in [-0.1, -0.05) is 41.4 Å². The Balaban J connectivity index is 1.84. The summed E-state index contributed by atoms with van der Waals surface area (Å²) in [6.45, 7) is 0. The monoisotopic (exact) mass is 369 g/mol. The van der Waals surface area contributed by atoms with E-state index in [1.165, 1.54) is 0 Å². The Morgan fingerprint density at radius 2 is 1.68 bits per heavy atom. The van der Waals surface area contributed by atoms with Gasteiger partial charge >= 0.3 is 0 Å². The van der Waals surface area contributed by atoms with E-state index in [0.717, 1.165) is 0 Å². The summed E-state index contributed by atoms with van der Waals surface area (Å²) < 4.78 is 0. The van der Waals surface area contributed by atoms with Gasteiger partial charge in [-0.15, -0.1) is 0 Å². The maximum atomic E-state index is 12.9. The van der Waals surface area contributed by atoms with Gasteiger partial charge in [0.15, 0.2) is 5.82 Å². The number of Topliss-reactive ketones (excluding diaryl/α,β-unsaturated/α-hetero) is 2. The van der Waals surface area contributed by atoms with E-state index in [0.29, 0.717) is 22.1 Å². The zero-order valence-corrected chi connectivity index (χ0v) is 14.1. The minimum atomic E-state index is -0.476. The maximum absolute atomic E-state index is 12.9.